The highest BCUT2D eigenvalue weighted by Gasteiger charge is 2.20. The minimum Gasteiger partial charge on any atom is -0.486 e. The summed E-state index contributed by atoms with van der Waals surface area (Å²) >= 11 is 0. The van der Waals surface area contributed by atoms with Crippen LogP contribution in [-0.2, 0) is 11.3 Å². The Labute approximate surface area is 146 Å². The quantitative estimate of drug-likeness (QED) is 0.906. The Balaban J connectivity index is 1.63. The molecule has 6 heteroatoms. The van der Waals surface area contributed by atoms with Gasteiger partial charge in [-0.25, -0.2) is 4.39 Å². The minimum absolute atomic E-state index is 0.187. The molecule has 0 unspecified atom stereocenters. The minimum atomic E-state index is -0.447. The summed E-state index contributed by atoms with van der Waals surface area (Å²) in [7, 11) is 1.85. The lowest BCUT2D eigenvalue weighted by molar-refractivity contribution is -0.120. The molecule has 0 bridgehead atoms. The van der Waals surface area contributed by atoms with Crippen molar-refractivity contribution in [1.29, 1.82) is 0 Å². The number of likely N-dealkylation sites (N-methyl/N-ethyl adjacent to an activating group) is 1. The molecule has 2 aromatic rings. The summed E-state index contributed by atoms with van der Waals surface area (Å²) in [5.41, 5.74) is 1.20. The van der Waals surface area contributed by atoms with Crippen molar-refractivity contribution in [2.75, 3.05) is 25.6 Å². The number of amides is 1. The summed E-state index contributed by atoms with van der Waals surface area (Å²) in [6.07, 6.45) is 0. The van der Waals surface area contributed by atoms with Crippen LogP contribution in [0.15, 0.2) is 42.5 Å². The number of anilines is 1. The van der Waals surface area contributed by atoms with E-state index in [2.05, 4.69) is 5.32 Å². The Morgan fingerprint density at radius 3 is 2.68 bits per heavy atom. The van der Waals surface area contributed by atoms with Crippen molar-refractivity contribution in [3.63, 3.8) is 0 Å². The molecular weight excluding hydrogens is 323 g/mol. The van der Waals surface area contributed by atoms with Crippen LogP contribution in [0.25, 0.3) is 0 Å². The average molecular weight is 344 g/mol. The molecule has 0 saturated heterocycles. The lowest BCUT2D eigenvalue weighted by atomic mass is 10.1. The highest BCUT2D eigenvalue weighted by molar-refractivity contribution is 5.94. The maximum Gasteiger partial charge on any atom is 0.241 e. The number of fused-ring (bicyclic) bond motifs is 1. The van der Waals surface area contributed by atoms with Gasteiger partial charge in [-0.3, -0.25) is 9.69 Å². The van der Waals surface area contributed by atoms with Gasteiger partial charge in [0.15, 0.2) is 11.5 Å². The number of ether oxygens (including phenoxy) is 2. The van der Waals surface area contributed by atoms with Crippen LogP contribution in [0.5, 0.6) is 11.5 Å². The number of para-hydroxylation sites is 1. The van der Waals surface area contributed by atoms with Crippen LogP contribution in [0.4, 0.5) is 10.1 Å². The van der Waals surface area contributed by atoms with Crippen LogP contribution in [0.1, 0.15) is 12.5 Å². The summed E-state index contributed by atoms with van der Waals surface area (Å²) in [6.45, 7) is 3.43. The molecule has 1 heterocycles. The first-order valence-electron chi connectivity index (χ1n) is 8.19. The van der Waals surface area contributed by atoms with Gasteiger partial charge >= 0.3 is 0 Å². The Morgan fingerprint density at radius 1 is 1.20 bits per heavy atom. The molecule has 25 heavy (non-hydrogen) atoms. The van der Waals surface area contributed by atoms with Gasteiger partial charge in [0.1, 0.15) is 19.0 Å². The van der Waals surface area contributed by atoms with Crippen molar-refractivity contribution in [3.8, 4) is 11.5 Å². The lowest BCUT2D eigenvalue weighted by Gasteiger charge is -2.25. The fourth-order valence-electron chi connectivity index (χ4n) is 2.61. The molecule has 0 saturated carbocycles. The molecule has 0 aromatic heterocycles. The second kappa shape index (κ2) is 7.53. The van der Waals surface area contributed by atoms with Crippen LogP contribution in [-0.4, -0.2) is 37.1 Å². The van der Waals surface area contributed by atoms with E-state index >= 15 is 0 Å². The molecule has 0 radical (unpaired) electrons. The number of hydrogen-bond acceptors (Lipinski definition) is 4. The molecule has 0 fully saturated rings. The van der Waals surface area contributed by atoms with E-state index in [1.54, 1.807) is 25.1 Å². The SMILES string of the molecule is C[C@@H](C(=O)Nc1ccccc1F)N(C)Cc1ccc2c(c1)OCCO2. The van der Waals surface area contributed by atoms with Crippen molar-refractivity contribution in [1.82, 2.24) is 4.90 Å². The standard InChI is InChI=1S/C19H21FN2O3/c1-13(19(23)21-16-6-4-3-5-15(16)20)22(2)12-14-7-8-17-18(11-14)25-10-9-24-17/h3-8,11,13H,9-10,12H2,1-2H3,(H,21,23)/t13-/m0/s1. The first kappa shape index (κ1) is 17.2. The Hall–Kier alpha value is -2.60. The second-order valence-electron chi connectivity index (χ2n) is 6.04. The fourth-order valence-corrected chi connectivity index (χ4v) is 2.61. The molecule has 2 aromatic carbocycles. The maximum atomic E-state index is 13.7. The van der Waals surface area contributed by atoms with E-state index in [0.29, 0.717) is 19.8 Å². The van der Waals surface area contributed by atoms with E-state index in [-0.39, 0.29) is 11.6 Å². The highest BCUT2D eigenvalue weighted by atomic mass is 19.1. The molecule has 1 aliphatic heterocycles. The largest absolute Gasteiger partial charge is 0.486 e. The molecule has 0 aliphatic carbocycles. The van der Waals surface area contributed by atoms with Crippen molar-refractivity contribution >= 4 is 11.6 Å². The smallest absolute Gasteiger partial charge is 0.241 e. The molecule has 0 spiro atoms. The third-order valence-corrected chi connectivity index (χ3v) is 4.21. The van der Waals surface area contributed by atoms with Gasteiger partial charge in [0, 0.05) is 6.54 Å². The molecule has 1 atom stereocenters. The third-order valence-electron chi connectivity index (χ3n) is 4.21. The predicted molar refractivity (Wildman–Crippen MR) is 93.4 cm³/mol. The average Bonchev–Trinajstić information content (AvgIpc) is 2.62. The van der Waals surface area contributed by atoms with Gasteiger partial charge in [-0.15, -0.1) is 0 Å². The van der Waals surface area contributed by atoms with Gasteiger partial charge in [-0.05, 0) is 43.8 Å². The van der Waals surface area contributed by atoms with Gasteiger partial charge < -0.3 is 14.8 Å². The number of carbonyl (C=O) groups is 1. The molecule has 1 aliphatic rings. The zero-order valence-corrected chi connectivity index (χ0v) is 14.3. The zero-order chi connectivity index (χ0) is 17.8. The molecule has 3 rings (SSSR count). The van der Waals surface area contributed by atoms with Crippen molar-refractivity contribution in [2.24, 2.45) is 0 Å². The van der Waals surface area contributed by atoms with Crippen molar-refractivity contribution in [3.05, 3.63) is 53.8 Å². The van der Waals surface area contributed by atoms with Crippen LogP contribution in [0, 0.1) is 5.82 Å². The molecule has 1 amide bonds. The summed E-state index contributed by atoms with van der Waals surface area (Å²) < 4.78 is 24.8. The van der Waals surface area contributed by atoms with E-state index in [9.17, 15) is 9.18 Å². The van der Waals surface area contributed by atoms with Crippen LogP contribution in [0.2, 0.25) is 0 Å². The predicted octanol–water partition coefficient (Wildman–Crippen LogP) is 3.06. The Kier molecular flexibility index (Phi) is 5.19. The molecule has 132 valence electrons. The lowest BCUT2D eigenvalue weighted by Crippen LogP contribution is -2.39. The van der Waals surface area contributed by atoms with E-state index in [0.717, 1.165) is 17.1 Å². The number of rotatable bonds is 5. The van der Waals surface area contributed by atoms with Crippen LogP contribution >= 0.6 is 0 Å². The van der Waals surface area contributed by atoms with Gasteiger partial charge in [-0.2, -0.15) is 0 Å². The molecular formula is C19H21FN2O3. The highest BCUT2D eigenvalue weighted by Crippen LogP contribution is 2.31. The van der Waals surface area contributed by atoms with Crippen LogP contribution < -0.4 is 14.8 Å². The number of halogens is 1. The Morgan fingerprint density at radius 2 is 1.92 bits per heavy atom. The molecule has 1 N–H and O–H groups in total. The van der Waals surface area contributed by atoms with E-state index in [1.807, 2.05) is 30.1 Å². The topological polar surface area (TPSA) is 50.8 Å². The summed E-state index contributed by atoms with van der Waals surface area (Å²) in [6, 6.07) is 11.5. The van der Waals surface area contributed by atoms with Crippen molar-refractivity contribution < 1.29 is 18.7 Å². The summed E-state index contributed by atoms with van der Waals surface area (Å²) in [5.74, 6) is 0.756. The van der Waals surface area contributed by atoms with Crippen molar-refractivity contribution in [2.45, 2.75) is 19.5 Å². The maximum absolute atomic E-state index is 13.7. The first-order chi connectivity index (χ1) is 12.0. The normalized spacial score (nSPS) is 14.2. The van der Waals surface area contributed by atoms with Gasteiger partial charge in [0.05, 0.1) is 11.7 Å². The zero-order valence-electron chi connectivity index (χ0n) is 14.3. The van der Waals surface area contributed by atoms with Gasteiger partial charge in [0.2, 0.25) is 5.91 Å². The summed E-state index contributed by atoms with van der Waals surface area (Å²) in [4.78, 5) is 14.3. The Bertz CT molecular complexity index is 766. The molecule has 5 nitrogen and oxygen atoms in total. The third kappa shape index (κ3) is 4.09. The number of hydrogen-bond donors (Lipinski definition) is 1. The van der Waals surface area contributed by atoms with E-state index in [1.165, 1.54) is 6.07 Å². The number of benzene rings is 2. The second-order valence-corrected chi connectivity index (χ2v) is 6.04. The monoisotopic (exact) mass is 344 g/mol. The van der Waals surface area contributed by atoms with Gasteiger partial charge in [0.25, 0.3) is 0 Å². The van der Waals surface area contributed by atoms with E-state index in [4.69, 9.17) is 9.47 Å². The number of nitrogens with one attached hydrogen (secondary N) is 1. The van der Waals surface area contributed by atoms with Gasteiger partial charge in [-0.1, -0.05) is 18.2 Å². The number of nitrogens with zero attached hydrogens (tertiary/aromatic N) is 1. The van der Waals surface area contributed by atoms with Crippen LogP contribution in [0.3, 0.4) is 0 Å². The van der Waals surface area contributed by atoms with E-state index < -0.39 is 11.9 Å². The fraction of sp³-hybridized carbons (Fsp3) is 0.316. The number of carbonyl (C=O) groups excluding carboxylic acids is 1. The summed E-state index contributed by atoms with van der Waals surface area (Å²) in [5, 5.41) is 2.63. The first-order valence-corrected chi connectivity index (χ1v) is 8.19.